The van der Waals surface area contributed by atoms with Gasteiger partial charge in [-0.15, -0.1) is 0 Å². The topological polar surface area (TPSA) is 38.8 Å². The Morgan fingerprint density at radius 3 is 2.46 bits per heavy atom. The summed E-state index contributed by atoms with van der Waals surface area (Å²) in [5.74, 6) is 0.127. The van der Waals surface area contributed by atoms with Crippen LogP contribution in [0.5, 0.6) is 0 Å². The van der Waals surface area contributed by atoms with Crippen LogP contribution in [0.2, 0.25) is 5.02 Å². The second-order valence-electron chi connectivity index (χ2n) is 9.23. The number of rotatable bonds is 5. The Balaban J connectivity index is 1.39. The lowest BCUT2D eigenvalue weighted by atomic mass is 9.82. The number of hydrogen-bond donors (Lipinski definition) is 0. The van der Waals surface area contributed by atoms with Crippen molar-refractivity contribution in [1.82, 2.24) is 4.90 Å². The van der Waals surface area contributed by atoms with Crippen LogP contribution < -0.4 is 0 Å². The van der Waals surface area contributed by atoms with Gasteiger partial charge in [0.25, 0.3) is 0 Å². The molecule has 4 nitrogen and oxygen atoms in total. The lowest BCUT2D eigenvalue weighted by Gasteiger charge is -2.44. The quantitative estimate of drug-likeness (QED) is 0.302. The van der Waals surface area contributed by atoms with Crippen LogP contribution in [-0.2, 0) is 16.1 Å². The maximum Gasteiger partial charge on any atom is 0.410 e. The summed E-state index contributed by atoms with van der Waals surface area (Å²) in [5.41, 5.74) is 2.24. The summed E-state index contributed by atoms with van der Waals surface area (Å²) < 4.78 is 10.3. The monoisotopic (exact) mass is 551 g/mol. The minimum Gasteiger partial charge on any atom is -0.445 e. The fraction of sp³-hybridized carbons (Fsp3) is 0.370. The van der Waals surface area contributed by atoms with Crippen molar-refractivity contribution in [3.8, 4) is 0 Å². The van der Waals surface area contributed by atoms with Gasteiger partial charge >= 0.3 is 6.09 Å². The van der Waals surface area contributed by atoms with Gasteiger partial charge in [0.2, 0.25) is 3.79 Å². The van der Waals surface area contributed by atoms with Crippen LogP contribution in [0.3, 0.4) is 0 Å². The molecule has 2 saturated heterocycles. The Kier molecular flexibility index (Phi) is 7.39. The summed E-state index contributed by atoms with van der Waals surface area (Å²) in [4.78, 5) is 14.8. The van der Waals surface area contributed by atoms with Gasteiger partial charge in [0, 0.05) is 17.0 Å². The average Bonchev–Trinajstić information content (AvgIpc) is 3.16. The number of alkyl halides is 3. The highest BCUT2D eigenvalue weighted by molar-refractivity contribution is 6.67. The number of halogens is 4. The number of fused-ring (bicyclic) bond motifs is 3. The molecule has 3 aromatic carbocycles. The van der Waals surface area contributed by atoms with E-state index in [9.17, 15) is 4.79 Å². The van der Waals surface area contributed by atoms with Crippen LogP contribution in [-0.4, -0.2) is 39.6 Å². The summed E-state index contributed by atoms with van der Waals surface area (Å²) in [6.45, 7) is 0.146. The first-order valence-corrected chi connectivity index (χ1v) is 13.2. The first-order chi connectivity index (χ1) is 16.8. The predicted octanol–water partition coefficient (Wildman–Crippen LogP) is 7.91. The van der Waals surface area contributed by atoms with Gasteiger partial charge < -0.3 is 9.47 Å². The van der Waals surface area contributed by atoms with E-state index < -0.39 is 9.89 Å². The van der Waals surface area contributed by atoms with Crippen LogP contribution in [0, 0.1) is 0 Å². The third kappa shape index (κ3) is 5.68. The van der Waals surface area contributed by atoms with Gasteiger partial charge in [-0.25, -0.2) is 4.79 Å². The molecule has 0 saturated carbocycles. The lowest BCUT2D eigenvalue weighted by Crippen LogP contribution is -2.54. The molecular formula is C27H25Cl4NO3. The lowest BCUT2D eigenvalue weighted by molar-refractivity contribution is -0.0569. The van der Waals surface area contributed by atoms with Gasteiger partial charge in [0.05, 0.1) is 18.8 Å². The summed E-state index contributed by atoms with van der Waals surface area (Å²) in [7, 11) is 0. The van der Waals surface area contributed by atoms with E-state index in [1.807, 2.05) is 24.3 Å². The fourth-order valence-corrected chi connectivity index (χ4v) is 5.74. The second kappa shape index (κ2) is 10.4. The van der Waals surface area contributed by atoms with E-state index in [1.165, 1.54) is 10.8 Å². The zero-order valence-electron chi connectivity index (χ0n) is 18.9. The molecule has 2 heterocycles. The maximum atomic E-state index is 13.0. The number of ether oxygens (including phenoxy) is 2. The molecule has 5 rings (SSSR count). The Morgan fingerprint density at radius 1 is 0.971 bits per heavy atom. The standard InChI is InChI=1S/C27H25Cl4NO3/c28-21-9-7-19(8-10-21)23-14-22-11-12-24(32(22)26(33)35-16-27(29,30)31)25(23)34-15-17-5-6-18-3-1-2-4-20(18)13-17/h1-10,13,22-25H,11-12,14-16H2. The molecule has 8 heteroatoms. The van der Waals surface area contributed by atoms with Gasteiger partial charge in [-0.2, -0.15) is 0 Å². The molecule has 4 atom stereocenters. The SMILES string of the molecule is O=C(OCC(Cl)(Cl)Cl)N1C2CCC1C(OCc1ccc3ccccc3c1)C(c1ccc(Cl)cc1)C2. The second-order valence-corrected chi connectivity index (χ2v) is 12.2. The third-order valence-electron chi connectivity index (χ3n) is 6.97. The van der Waals surface area contributed by atoms with Crippen molar-refractivity contribution in [3.05, 3.63) is 82.9 Å². The molecule has 2 bridgehead atoms. The van der Waals surface area contributed by atoms with Crippen molar-refractivity contribution < 1.29 is 14.3 Å². The molecule has 0 spiro atoms. The van der Waals surface area contributed by atoms with E-state index in [-0.39, 0.29) is 30.7 Å². The van der Waals surface area contributed by atoms with Gasteiger partial charge in [-0.3, -0.25) is 4.90 Å². The smallest absolute Gasteiger partial charge is 0.410 e. The van der Waals surface area contributed by atoms with E-state index in [0.717, 1.165) is 30.4 Å². The number of hydrogen-bond acceptors (Lipinski definition) is 3. The number of carbonyl (C=O) groups is 1. The molecule has 0 N–H and O–H groups in total. The Hall–Kier alpha value is -1.69. The Morgan fingerprint density at radius 2 is 1.71 bits per heavy atom. The molecule has 3 aromatic rings. The number of carbonyl (C=O) groups excluding carboxylic acids is 1. The molecule has 2 aliphatic rings. The van der Waals surface area contributed by atoms with E-state index in [2.05, 4.69) is 42.5 Å². The summed E-state index contributed by atoms with van der Waals surface area (Å²) in [6.07, 6.45) is 1.82. The van der Waals surface area contributed by atoms with Crippen LogP contribution in [0.1, 0.15) is 36.3 Å². The van der Waals surface area contributed by atoms with E-state index >= 15 is 0 Å². The number of benzene rings is 3. The maximum absolute atomic E-state index is 13.0. The summed E-state index contributed by atoms with van der Waals surface area (Å²) in [6, 6.07) is 22.4. The van der Waals surface area contributed by atoms with Crippen LogP contribution in [0.4, 0.5) is 4.79 Å². The van der Waals surface area contributed by atoms with E-state index in [4.69, 9.17) is 55.9 Å². The van der Waals surface area contributed by atoms with Gasteiger partial charge in [0.15, 0.2) is 0 Å². The molecule has 1 amide bonds. The Labute approximate surface area is 225 Å². The van der Waals surface area contributed by atoms with Crippen molar-refractivity contribution in [2.75, 3.05) is 6.61 Å². The molecular weight excluding hydrogens is 528 g/mol. The Bertz CT molecular complexity index is 1200. The molecule has 0 aliphatic carbocycles. The normalized spacial score (nSPS) is 24.1. The minimum atomic E-state index is -1.65. The number of nitrogens with zero attached hydrogens (tertiary/aromatic N) is 1. The van der Waals surface area contributed by atoms with E-state index in [0.29, 0.717) is 11.6 Å². The van der Waals surface area contributed by atoms with Crippen LogP contribution in [0.15, 0.2) is 66.7 Å². The van der Waals surface area contributed by atoms with Gasteiger partial charge in [-0.1, -0.05) is 94.9 Å². The fourth-order valence-electron chi connectivity index (χ4n) is 5.45. The molecule has 2 fully saturated rings. The van der Waals surface area contributed by atoms with E-state index in [1.54, 1.807) is 4.90 Å². The zero-order chi connectivity index (χ0) is 24.6. The predicted molar refractivity (Wildman–Crippen MR) is 142 cm³/mol. The molecule has 0 radical (unpaired) electrons. The zero-order valence-corrected chi connectivity index (χ0v) is 21.9. The highest BCUT2D eigenvalue weighted by Gasteiger charge is 2.51. The highest BCUT2D eigenvalue weighted by Crippen LogP contribution is 2.45. The average molecular weight is 553 g/mol. The largest absolute Gasteiger partial charge is 0.445 e. The van der Waals surface area contributed by atoms with Crippen molar-refractivity contribution in [2.45, 2.75) is 53.8 Å². The highest BCUT2D eigenvalue weighted by atomic mass is 35.6. The first-order valence-electron chi connectivity index (χ1n) is 11.6. The van der Waals surface area contributed by atoms with Gasteiger partial charge in [-0.05, 0) is 59.4 Å². The molecule has 4 unspecified atom stereocenters. The number of amides is 1. The molecule has 2 aliphatic heterocycles. The summed E-state index contributed by atoms with van der Waals surface area (Å²) >= 11 is 23.6. The molecule has 35 heavy (non-hydrogen) atoms. The molecule has 0 aromatic heterocycles. The van der Waals surface area contributed by atoms with Crippen molar-refractivity contribution in [1.29, 1.82) is 0 Å². The van der Waals surface area contributed by atoms with Crippen molar-refractivity contribution in [3.63, 3.8) is 0 Å². The van der Waals surface area contributed by atoms with Crippen LogP contribution >= 0.6 is 46.4 Å². The number of piperidine rings is 1. The molecule has 184 valence electrons. The van der Waals surface area contributed by atoms with Crippen molar-refractivity contribution in [2.24, 2.45) is 0 Å². The minimum absolute atomic E-state index is 0.0454. The van der Waals surface area contributed by atoms with Crippen LogP contribution in [0.25, 0.3) is 10.8 Å². The van der Waals surface area contributed by atoms with Gasteiger partial charge in [0.1, 0.15) is 6.61 Å². The third-order valence-corrected chi connectivity index (χ3v) is 7.55. The first kappa shape index (κ1) is 25.0. The summed E-state index contributed by atoms with van der Waals surface area (Å²) in [5, 5.41) is 3.05. The van der Waals surface area contributed by atoms with Crippen molar-refractivity contribution >= 4 is 63.3 Å².